The van der Waals surface area contributed by atoms with Crippen LogP contribution in [0.1, 0.15) is 0 Å². The second kappa shape index (κ2) is 11.6. The smallest absolute Gasteiger partial charge is 0.265 e. The molecule has 1 aliphatic heterocycles. The number of carbonyl (C=O) groups is 1. The number of hydrogen-bond acceptors (Lipinski definition) is 7. The van der Waals surface area contributed by atoms with E-state index in [9.17, 15) is 26.0 Å². The number of nitrogens with zero attached hydrogens (tertiary/aromatic N) is 3. The Morgan fingerprint density at radius 1 is 0.821 bits per heavy atom. The molecule has 0 saturated carbocycles. The maximum atomic E-state index is 14.8. The van der Waals surface area contributed by atoms with Crippen molar-refractivity contribution < 1.29 is 35.5 Å². The molecule has 0 aliphatic carbocycles. The van der Waals surface area contributed by atoms with E-state index < -0.39 is 38.3 Å². The van der Waals surface area contributed by atoms with Crippen molar-refractivity contribution in [2.24, 2.45) is 0 Å². The normalized spacial score (nSPS) is 14.6. The standard InChI is InChI=1S/C26H28FN3O7S2/c1-36-24-13-12-21(18-25(24)37-2)39(34,35)30(23-11-7-6-10-22(23)27)19-26(31)28-14-16-29(17-15-28)38(32,33)20-8-4-3-5-9-20/h3-13,18H,14-17,19H2,1-2H3. The molecule has 1 heterocycles. The third kappa shape index (κ3) is 5.84. The van der Waals surface area contributed by atoms with Gasteiger partial charge in [-0.1, -0.05) is 30.3 Å². The number of sulfonamides is 2. The van der Waals surface area contributed by atoms with Gasteiger partial charge in [-0.15, -0.1) is 0 Å². The molecule has 0 atom stereocenters. The first kappa shape index (κ1) is 28.3. The van der Waals surface area contributed by atoms with Gasteiger partial charge in [0.15, 0.2) is 11.5 Å². The minimum atomic E-state index is -4.43. The zero-order valence-electron chi connectivity index (χ0n) is 21.4. The van der Waals surface area contributed by atoms with Crippen LogP contribution < -0.4 is 13.8 Å². The minimum Gasteiger partial charge on any atom is -0.493 e. The molecule has 0 aromatic heterocycles. The van der Waals surface area contributed by atoms with E-state index in [-0.39, 0.29) is 47.4 Å². The molecule has 0 radical (unpaired) electrons. The quantitative estimate of drug-likeness (QED) is 0.384. The Balaban J connectivity index is 1.58. The van der Waals surface area contributed by atoms with Gasteiger partial charge in [0.05, 0.1) is 29.7 Å². The molecule has 10 nitrogen and oxygen atoms in total. The third-order valence-electron chi connectivity index (χ3n) is 6.32. The number of halogens is 1. The molecule has 1 saturated heterocycles. The summed E-state index contributed by atoms with van der Waals surface area (Å²) in [5.74, 6) is -0.977. The lowest BCUT2D eigenvalue weighted by molar-refractivity contribution is -0.130. The van der Waals surface area contributed by atoms with Gasteiger partial charge in [-0.3, -0.25) is 9.10 Å². The number of para-hydroxylation sites is 1. The first-order chi connectivity index (χ1) is 18.6. The number of ether oxygens (including phenoxy) is 2. The fraction of sp³-hybridized carbons (Fsp3) is 0.269. The SMILES string of the molecule is COc1ccc(S(=O)(=O)N(CC(=O)N2CCN(S(=O)(=O)c3ccccc3)CC2)c2ccccc2F)cc1OC. The van der Waals surface area contributed by atoms with Crippen molar-refractivity contribution in [3.63, 3.8) is 0 Å². The van der Waals surface area contributed by atoms with Crippen molar-refractivity contribution in [3.8, 4) is 11.5 Å². The molecule has 4 rings (SSSR count). The number of methoxy groups -OCH3 is 2. The van der Waals surface area contributed by atoms with E-state index in [1.807, 2.05) is 0 Å². The topological polar surface area (TPSA) is 114 Å². The predicted molar refractivity (Wildman–Crippen MR) is 142 cm³/mol. The molecule has 0 spiro atoms. The molecular weight excluding hydrogens is 549 g/mol. The first-order valence-corrected chi connectivity index (χ1v) is 14.8. The lowest BCUT2D eigenvalue weighted by Gasteiger charge is -2.35. The third-order valence-corrected chi connectivity index (χ3v) is 9.98. The monoisotopic (exact) mass is 577 g/mol. The molecule has 1 aliphatic rings. The summed E-state index contributed by atoms with van der Waals surface area (Å²) in [7, 11) is -5.42. The summed E-state index contributed by atoms with van der Waals surface area (Å²) in [6.45, 7) is -0.530. The number of hydrogen-bond donors (Lipinski definition) is 0. The maximum absolute atomic E-state index is 14.8. The van der Waals surface area contributed by atoms with Gasteiger partial charge in [0.2, 0.25) is 15.9 Å². The molecule has 3 aromatic rings. The van der Waals surface area contributed by atoms with Crippen molar-refractivity contribution in [1.82, 2.24) is 9.21 Å². The maximum Gasteiger partial charge on any atom is 0.265 e. The Kier molecular flexibility index (Phi) is 8.42. The number of anilines is 1. The number of benzene rings is 3. The van der Waals surface area contributed by atoms with E-state index in [0.29, 0.717) is 10.1 Å². The fourth-order valence-electron chi connectivity index (χ4n) is 4.20. The Labute approximate surface area is 227 Å². The van der Waals surface area contributed by atoms with Crippen LogP contribution >= 0.6 is 0 Å². The van der Waals surface area contributed by atoms with Crippen LogP contribution in [0.25, 0.3) is 0 Å². The molecule has 208 valence electrons. The van der Waals surface area contributed by atoms with E-state index >= 15 is 0 Å². The van der Waals surface area contributed by atoms with Crippen LogP contribution in [0.15, 0.2) is 82.6 Å². The van der Waals surface area contributed by atoms with E-state index in [1.54, 1.807) is 18.2 Å². The van der Waals surface area contributed by atoms with Crippen LogP contribution in [0.3, 0.4) is 0 Å². The summed E-state index contributed by atoms with van der Waals surface area (Å²) in [6, 6.07) is 17.1. The summed E-state index contributed by atoms with van der Waals surface area (Å²) >= 11 is 0. The number of carbonyl (C=O) groups excluding carboxylic acids is 1. The zero-order chi connectivity index (χ0) is 28.2. The van der Waals surface area contributed by atoms with E-state index in [0.717, 1.165) is 6.07 Å². The lowest BCUT2D eigenvalue weighted by atomic mass is 10.3. The van der Waals surface area contributed by atoms with E-state index in [4.69, 9.17) is 9.47 Å². The van der Waals surface area contributed by atoms with Gasteiger partial charge in [-0.05, 0) is 36.4 Å². The van der Waals surface area contributed by atoms with Crippen molar-refractivity contribution in [2.45, 2.75) is 9.79 Å². The van der Waals surface area contributed by atoms with Crippen molar-refractivity contribution >= 4 is 31.6 Å². The van der Waals surface area contributed by atoms with Crippen molar-refractivity contribution in [3.05, 3.63) is 78.6 Å². The largest absolute Gasteiger partial charge is 0.493 e. The molecule has 39 heavy (non-hydrogen) atoms. The second-order valence-corrected chi connectivity index (χ2v) is 12.4. The van der Waals surface area contributed by atoms with Gasteiger partial charge >= 0.3 is 0 Å². The van der Waals surface area contributed by atoms with Gasteiger partial charge in [0.25, 0.3) is 10.0 Å². The van der Waals surface area contributed by atoms with Crippen LogP contribution in [0.4, 0.5) is 10.1 Å². The molecule has 13 heteroatoms. The van der Waals surface area contributed by atoms with E-state index in [2.05, 4.69) is 0 Å². The van der Waals surface area contributed by atoms with E-state index in [1.165, 1.54) is 72.0 Å². The minimum absolute atomic E-state index is 0.0328. The van der Waals surface area contributed by atoms with Gasteiger partial charge < -0.3 is 14.4 Å². The van der Waals surface area contributed by atoms with Gasteiger partial charge in [-0.2, -0.15) is 4.31 Å². The van der Waals surface area contributed by atoms with Crippen LogP contribution in [0.2, 0.25) is 0 Å². The lowest BCUT2D eigenvalue weighted by Crippen LogP contribution is -2.53. The van der Waals surface area contributed by atoms with Crippen molar-refractivity contribution in [1.29, 1.82) is 0 Å². The van der Waals surface area contributed by atoms with Crippen LogP contribution in [-0.2, 0) is 24.8 Å². The number of amides is 1. The Morgan fingerprint density at radius 3 is 2.05 bits per heavy atom. The highest BCUT2D eigenvalue weighted by atomic mass is 32.2. The second-order valence-electron chi connectivity index (χ2n) is 8.58. The fourth-order valence-corrected chi connectivity index (χ4v) is 7.08. The summed E-state index contributed by atoms with van der Waals surface area (Å²) in [5, 5.41) is 0. The molecule has 0 N–H and O–H groups in total. The van der Waals surface area contributed by atoms with Gasteiger partial charge in [0.1, 0.15) is 12.4 Å². The van der Waals surface area contributed by atoms with Crippen LogP contribution in [-0.4, -0.2) is 78.9 Å². The average Bonchev–Trinajstić information content (AvgIpc) is 2.96. The predicted octanol–water partition coefficient (Wildman–Crippen LogP) is 2.57. The molecular formula is C26H28FN3O7S2. The average molecular weight is 578 g/mol. The Bertz CT molecular complexity index is 1540. The summed E-state index contributed by atoms with van der Waals surface area (Å²) in [6.07, 6.45) is 0. The molecule has 0 bridgehead atoms. The molecule has 1 amide bonds. The highest BCUT2D eigenvalue weighted by Gasteiger charge is 2.34. The van der Waals surface area contributed by atoms with Crippen LogP contribution in [0, 0.1) is 5.82 Å². The van der Waals surface area contributed by atoms with Crippen LogP contribution in [0.5, 0.6) is 11.5 Å². The van der Waals surface area contributed by atoms with Gasteiger partial charge in [-0.25, -0.2) is 21.2 Å². The highest BCUT2D eigenvalue weighted by Crippen LogP contribution is 2.33. The summed E-state index contributed by atoms with van der Waals surface area (Å²) in [5.41, 5.74) is -0.300. The Hall–Kier alpha value is -3.68. The van der Waals surface area contributed by atoms with Crippen molar-refractivity contribution in [2.75, 3.05) is 51.2 Å². The molecule has 3 aromatic carbocycles. The molecule has 1 fully saturated rings. The summed E-state index contributed by atoms with van der Waals surface area (Å²) in [4.78, 5) is 14.6. The number of piperazine rings is 1. The zero-order valence-corrected chi connectivity index (χ0v) is 23.0. The summed E-state index contributed by atoms with van der Waals surface area (Å²) < 4.78 is 80.5. The molecule has 0 unspecified atom stereocenters. The van der Waals surface area contributed by atoms with Gasteiger partial charge in [0, 0.05) is 32.2 Å². The Morgan fingerprint density at radius 2 is 1.44 bits per heavy atom. The highest BCUT2D eigenvalue weighted by molar-refractivity contribution is 7.92. The number of rotatable bonds is 9. The first-order valence-electron chi connectivity index (χ1n) is 11.9.